The Morgan fingerprint density at radius 1 is 1.53 bits per heavy atom. The largest absolute Gasteiger partial charge is 0.480 e. The minimum Gasteiger partial charge on any atom is -0.480 e. The Bertz CT molecular complexity index is 615. The molecule has 1 N–H and O–H groups in total. The second-order valence-electron chi connectivity index (χ2n) is 3.73. The van der Waals surface area contributed by atoms with Crippen LogP contribution in [-0.2, 0) is 11.3 Å². The van der Waals surface area contributed by atoms with Crippen LogP contribution in [0, 0.1) is 17.0 Å². The lowest BCUT2D eigenvalue weighted by Gasteiger charge is -2.03. The summed E-state index contributed by atoms with van der Waals surface area (Å²) >= 11 is 0. The van der Waals surface area contributed by atoms with Crippen LogP contribution in [0.4, 0.5) is 5.69 Å². The molecule has 0 aliphatic carbocycles. The predicted molar refractivity (Wildman–Crippen MR) is 61.0 cm³/mol. The van der Waals surface area contributed by atoms with Crippen molar-refractivity contribution in [1.29, 1.82) is 0 Å². The van der Waals surface area contributed by atoms with Crippen molar-refractivity contribution in [3.63, 3.8) is 0 Å². The summed E-state index contributed by atoms with van der Waals surface area (Å²) in [5.41, 5.74) is 1.26. The Labute approximate surface area is 96.2 Å². The normalized spacial score (nSPS) is 10.6. The fraction of sp³-hybridized carbons (Fsp3) is 0.182. The molecule has 1 aromatic heterocycles. The van der Waals surface area contributed by atoms with Crippen molar-refractivity contribution >= 4 is 22.6 Å². The van der Waals surface area contributed by atoms with Gasteiger partial charge >= 0.3 is 5.97 Å². The molecule has 0 unspecified atom stereocenters. The van der Waals surface area contributed by atoms with Crippen molar-refractivity contribution in [2.45, 2.75) is 13.5 Å². The number of aromatic nitrogens is 1. The Hall–Kier alpha value is -2.37. The maximum atomic E-state index is 10.8. The number of carboxylic acid groups (broad SMARTS) is 1. The molecule has 6 heteroatoms. The smallest absolute Gasteiger partial charge is 0.323 e. The molecule has 2 aromatic rings. The Morgan fingerprint density at radius 2 is 2.24 bits per heavy atom. The van der Waals surface area contributed by atoms with Gasteiger partial charge in [0.15, 0.2) is 0 Å². The zero-order chi connectivity index (χ0) is 12.6. The monoisotopic (exact) mass is 234 g/mol. The molecule has 0 aliphatic rings. The number of carboxylic acids is 1. The first-order valence-corrected chi connectivity index (χ1v) is 4.95. The lowest BCUT2D eigenvalue weighted by atomic mass is 10.2. The number of nitrogens with zero attached hydrogens (tertiary/aromatic N) is 2. The summed E-state index contributed by atoms with van der Waals surface area (Å²) in [5.74, 6) is -0.975. The molecule has 0 saturated heterocycles. The van der Waals surface area contributed by atoms with E-state index in [0.29, 0.717) is 16.6 Å². The fourth-order valence-electron chi connectivity index (χ4n) is 1.91. The highest BCUT2D eigenvalue weighted by Crippen LogP contribution is 2.28. The van der Waals surface area contributed by atoms with Gasteiger partial charge in [-0.25, -0.2) is 0 Å². The van der Waals surface area contributed by atoms with Crippen molar-refractivity contribution in [2.75, 3.05) is 0 Å². The van der Waals surface area contributed by atoms with Crippen LogP contribution in [0.3, 0.4) is 0 Å². The lowest BCUT2D eigenvalue weighted by Crippen LogP contribution is -2.09. The van der Waals surface area contributed by atoms with Gasteiger partial charge in [-0.2, -0.15) is 0 Å². The first-order valence-electron chi connectivity index (χ1n) is 4.95. The van der Waals surface area contributed by atoms with E-state index in [0.717, 1.165) is 0 Å². The van der Waals surface area contributed by atoms with Gasteiger partial charge in [0.25, 0.3) is 5.69 Å². The van der Waals surface area contributed by atoms with Crippen molar-refractivity contribution in [2.24, 2.45) is 0 Å². The molecule has 0 spiro atoms. The van der Waals surface area contributed by atoms with E-state index in [9.17, 15) is 14.9 Å². The molecule has 0 bridgehead atoms. The first kappa shape index (κ1) is 11.1. The molecule has 17 heavy (non-hydrogen) atoms. The highest BCUT2D eigenvalue weighted by Gasteiger charge is 2.16. The first-order chi connectivity index (χ1) is 8.00. The third-order valence-corrected chi connectivity index (χ3v) is 2.62. The highest BCUT2D eigenvalue weighted by molar-refractivity contribution is 5.90. The summed E-state index contributed by atoms with van der Waals surface area (Å²) in [6.45, 7) is 1.53. The van der Waals surface area contributed by atoms with Gasteiger partial charge in [0.05, 0.1) is 15.8 Å². The maximum Gasteiger partial charge on any atom is 0.323 e. The zero-order valence-corrected chi connectivity index (χ0v) is 9.08. The average molecular weight is 234 g/mol. The van der Waals surface area contributed by atoms with Crippen LogP contribution >= 0.6 is 0 Å². The standard InChI is InChI=1S/C11H10N2O4/c1-7-5-8-9(12(7)6-11(14)15)3-2-4-10(8)13(16)17/h2-5H,6H2,1H3,(H,14,15). The molecule has 0 fully saturated rings. The molecule has 0 saturated carbocycles. The quantitative estimate of drug-likeness (QED) is 0.649. The summed E-state index contributed by atoms with van der Waals surface area (Å²) in [5, 5.41) is 20.1. The average Bonchev–Trinajstić information content (AvgIpc) is 2.54. The molecule has 0 amide bonds. The number of nitro groups is 1. The molecular formula is C11H10N2O4. The molecular weight excluding hydrogens is 224 g/mol. The molecule has 1 heterocycles. The van der Waals surface area contributed by atoms with Gasteiger partial charge in [-0.15, -0.1) is 0 Å². The third kappa shape index (κ3) is 1.84. The van der Waals surface area contributed by atoms with Crippen molar-refractivity contribution < 1.29 is 14.8 Å². The molecule has 0 atom stereocenters. The second kappa shape index (κ2) is 3.89. The fourth-order valence-corrected chi connectivity index (χ4v) is 1.91. The molecule has 6 nitrogen and oxygen atoms in total. The zero-order valence-electron chi connectivity index (χ0n) is 9.08. The van der Waals surface area contributed by atoms with Crippen molar-refractivity contribution in [3.8, 4) is 0 Å². The maximum absolute atomic E-state index is 10.8. The van der Waals surface area contributed by atoms with E-state index < -0.39 is 10.9 Å². The van der Waals surface area contributed by atoms with Crippen molar-refractivity contribution in [3.05, 3.63) is 40.1 Å². The topological polar surface area (TPSA) is 85.4 Å². The van der Waals surface area contributed by atoms with Gasteiger partial charge < -0.3 is 9.67 Å². The van der Waals surface area contributed by atoms with Gasteiger partial charge in [0, 0.05) is 11.8 Å². The molecule has 2 rings (SSSR count). The number of benzene rings is 1. The van der Waals surface area contributed by atoms with E-state index in [1.807, 2.05) is 0 Å². The molecule has 88 valence electrons. The van der Waals surface area contributed by atoms with Crippen LogP contribution in [0.1, 0.15) is 5.69 Å². The van der Waals surface area contributed by atoms with Crippen LogP contribution < -0.4 is 0 Å². The van der Waals surface area contributed by atoms with Gasteiger partial charge in [0.1, 0.15) is 6.54 Å². The van der Waals surface area contributed by atoms with E-state index in [1.54, 1.807) is 29.7 Å². The number of rotatable bonds is 3. The minimum absolute atomic E-state index is 0.00487. The number of hydrogen-bond acceptors (Lipinski definition) is 3. The summed E-state index contributed by atoms with van der Waals surface area (Å²) in [6.07, 6.45) is 0. The van der Waals surface area contributed by atoms with E-state index in [4.69, 9.17) is 5.11 Å². The number of aryl methyl sites for hydroxylation is 1. The van der Waals surface area contributed by atoms with Crippen molar-refractivity contribution in [1.82, 2.24) is 4.57 Å². The van der Waals surface area contributed by atoms with Crippen LogP contribution in [0.25, 0.3) is 10.9 Å². The van der Waals surface area contributed by atoms with Gasteiger partial charge in [-0.1, -0.05) is 6.07 Å². The number of aliphatic carboxylic acids is 1. The Morgan fingerprint density at radius 3 is 2.82 bits per heavy atom. The molecule has 0 radical (unpaired) electrons. The Balaban J connectivity index is 2.71. The molecule has 0 aliphatic heterocycles. The second-order valence-corrected chi connectivity index (χ2v) is 3.73. The van der Waals surface area contributed by atoms with Crippen LogP contribution in [0.5, 0.6) is 0 Å². The van der Waals surface area contributed by atoms with Gasteiger partial charge in [-0.3, -0.25) is 14.9 Å². The minimum atomic E-state index is -0.975. The van der Waals surface area contributed by atoms with E-state index in [-0.39, 0.29) is 12.2 Å². The number of hydrogen-bond donors (Lipinski definition) is 1. The van der Waals surface area contributed by atoms with E-state index >= 15 is 0 Å². The summed E-state index contributed by atoms with van der Waals surface area (Å²) in [7, 11) is 0. The van der Waals surface area contributed by atoms with Crippen LogP contribution in [0.15, 0.2) is 24.3 Å². The predicted octanol–water partition coefficient (Wildman–Crippen LogP) is 1.94. The van der Waals surface area contributed by atoms with E-state index in [1.165, 1.54) is 6.07 Å². The Kier molecular flexibility index (Phi) is 2.55. The summed E-state index contributed by atoms with van der Waals surface area (Å²) in [6, 6.07) is 6.28. The van der Waals surface area contributed by atoms with Crippen LogP contribution in [-0.4, -0.2) is 20.6 Å². The number of nitro benzene ring substituents is 1. The highest BCUT2D eigenvalue weighted by atomic mass is 16.6. The lowest BCUT2D eigenvalue weighted by molar-refractivity contribution is -0.383. The number of fused-ring (bicyclic) bond motifs is 1. The SMILES string of the molecule is Cc1cc2c([N+](=O)[O-])cccc2n1CC(=O)O. The number of non-ortho nitro benzene ring substituents is 1. The number of carbonyl (C=O) groups is 1. The van der Waals surface area contributed by atoms with Gasteiger partial charge in [-0.05, 0) is 19.1 Å². The summed E-state index contributed by atoms with van der Waals surface area (Å²) < 4.78 is 1.55. The third-order valence-electron chi connectivity index (χ3n) is 2.62. The van der Waals surface area contributed by atoms with E-state index in [2.05, 4.69) is 0 Å². The molecule has 1 aromatic carbocycles. The van der Waals surface area contributed by atoms with Crippen LogP contribution in [0.2, 0.25) is 0 Å². The summed E-state index contributed by atoms with van der Waals surface area (Å²) in [4.78, 5) is 21.1. The van der Waals surface area contributed by atoms with Gasteiger partial charge in [0.2, 0.25) is 0 Å².